The number of benzene rings is 3. The van der Waals surface area contributed by atoms with Crippen molar-refractivity contribution in [1.29, 1.82) is 0 Å². The maximum atomic E-state index is 13.4. The molecule has 0 N–H and O–H groups in total. The lowest BCUT2D eigenvalue weighted by atomic mass is 10.0. The van der Waals surface area contributed by atoms with Crippen molar-refractivity contribution in [3.05, 3.63) is 100 Å². The molecule has 28 heavy (non-hydrogen) atoms. The molecule has 1 aliphatic heterocycles. The fraction of sp³-hybridized carbons (Fsp3) is 0.125. The van der Waals surface area contributed by atoms with E-state index in [1.165, 1.54) is 17.7 Å². The van der Waals surface area contributed by atoms with Crippen LogP contribution in [0.4, 0.5) is 4.39 Å². The molecule has 0 bridgehead atoms. The number of aryl methyl sites for hydroxylation is 2. The Morgan fingerprint density at radius 1 is 1.04 bits per heavy atom. The molecule has 1 aliphatic rings. The SMILES string of the molecule is Cc1ccc(COc2cc(C)c3c(c2)O/C(=C\c2cccc(F)c2)C3=O)cc1. The van der Waals surface area contributed by atoms with E-state index in [2.05, 4.69) is 0 Å². The summed E-state index contributed by atoms with van der Waals surface area (Å²) in [6.45, 7) is 4.32. The Bertz CT molecular complexity index is 1080. The molecule has 0 unspecified atom stereocenters. The van der Waals surface area contributed by atoms with Gasteiger partial charge in [-0.1, -0.05) is 42.0 Å². The van der Waals surface area contributed by atoms with Crippen LogP contribution in [-0.2, 0) is 6.61 Å². The van der Waals surface area contributed by atoms with Crippen molar-refractivity contribution in [2.75, 3.05) is 0 Å². The molecule has 0 fully saturated rings. The topological polar surface area (TPSA) is 35.5 Å². The Labute approximate surface area is 163 Å². The molecular formula is C24H19FO3. The molecule has 1 heterocycles. The van der Waals surface area contributed by atoms with Gasteiger partial charge in [0.1, 0.15) is 23.9 Å². The van der Waals surface area contributed by atoms with Crippen molar-refractivity contribution in [2.24, 2.45) is 0 Å². The fourth-order valence-corrected chi connectivity index (χ4v) is 3.16. The Morgan fingerprint density at radius 3 is 2.57 bits per heavy atom. The van der Waals surface area contributed by atoms with Gasteiger partial charge in [0.05, 0.1) is 5.56 Å². The molecule has 3 aromatic rings. The highest BCUT2D eigenvalue weighted by molar-refractivity contribution is 6.15. The van der Waals surface area contributed by atoms with Gasteiger partial charge in [0.25, 0.3) is 0 Å². The van der Waals surface area contributed by atoms with Crippen molar-refractivity contribution in [2.45, 2.75) is 20.5 Å². The molecule has 0 saturated carbocycles. The van der Waals surface area contributed by atoms with Gasteiger partial charge >= 0.3 is 0 Å². The van der Waals surface area contributed by atoms with E-state index < -0.39 is 0 Å². The number of hydrogen-bond acceptors (Lipinski definition) is 3. The molecule has 4 rings (SSSR count). The Morgan fingerprint density at radius 2 is 1.82 bits per heavy atom. The Hall–Kier alpha value is -3.40. The molecule has 0 amide bonds. The zero-order valence-electron chi connectivity index (χ0n) is 15.7. The van der Waals surface area contributed by atoms with Gasteiger partial charge in [-0.25, -0.2) is 4.39 Å². The number of halogens is 1. The van der Waals surface area contributed by atoms with Crippen molar-refractivity contribution in [3.8, 4) is 11.5 Å². The van der Waals surface area contributed by atoms with Crippen LogP contribution in [0.1, 0.15) is 32.6 Å². The predicted octanol–water partition coefficient (Wildman–Crippen LogP) is 5.64. The van der Waals surface area contributed by atoms with Crippen molar-refractivity contribution >= 4 is 11.9 Å². The second kappa shape index (κ2) is 7.31. The quantitative estimate of drug-likeness (QED) is 0.555. The number of rotatable bonds is 4. The molecule has 0 radical (unpaired) electrons. The number of ketones is 1. The first-order chi connectivity index (χ1) is 13.5. The summed E-state index contributed by atoms with van der Waals surface area (Å²) in [7, 11) is 0. The summed E-state index contributed by atoms with van der Waals surface area (Å²) in [6, 6.07) is 17.7. The van der Waals surface area contributed by atoms with Gasteiger partial charge < -0.3 is 9.47 Å². The summed E-state index contributed by atoms with van der Waals surface area (Å²) in [5.74, 6) is 0.713. The minimum absolute atomic E-state index is 0.180. The largest absolute Gasteiger partial charge is 0.489 e. The number of fused-ring (bicyclic) bond motifs is 1. The molecule has 0 spiro atoms. The van der Waals surface area contributed by atoms with Crippen LogP contribution in [-0.4, -0.2) is 5.78 Å². The van der Waals surface area contributed by atoms with E-state index in [9.17, 15) is 9.18 Å². The van der Waals surface area contributed by atoms with Crippen LogP contribution in [0.3, 0.4) is 0 Å². The molecule has 0 atom stereocenters. The zero-order valence-corrected chi connectivity index (χ0v) is 15.7. The minimum atomic E-state index is -0.361. The molecule has 3 nitrogen and oxygen atoms in total. The average Bonchev–Trinajstić information content (AvgIpc) is 2.97. The van der Waals surface area contributed by atoms with Gasteiger partial charge in [-0.3, -0.25) is 4.79 Å². The molecule has 140 valence electrons. The summed E-state index contributed by atoms with van der Waals surface area (Å²) < 4.78 is 25.0. The highest BCUT2D eigenvalue weighted by Crippen LogP contribution is 2.37. The summed E-state index contributed by atoms with van der Waals surface area (Å²) in [5, 5.41) is 0. The summed E-state index contributed by atoms with van der Waals surface area (Å²) >= 11 is 0. The smallest absolute Gasteiger partial charge is 0.232 e. The number of carbonyl (C=O) groups is 1. The van der Waals surface area contributed by atoms with Gasteiger partial charge in [0.15, 0.2) is 5.76 Å². The van der Waals surface area contributed by atoms with Crippen molar-refractivity contribution in [1.82, 2.24) is 0 Å². The normalized spacial score (nSPS) is 14.1. The first-order valence-corrected chi connectivity index (χ1v) is 9.02. The third-order valence-corrected chi connectivity index (χ3v) is 4.62. The summed E-state index contributed by atoms with van der Waals surface area (Å²) in [6.07, 6.45) is 1.55. The first kappa shape index (κ1) is 18.0. The maximum absolute atomic E-state index is 13.4. The molecule has 4 heteroatoms. The molecule has 0 saturated heterocycles. The van der Waals surface area contributed by atoms with E-state index in [-0.39, 0.29) is 17.4 Å². The van der Waals surface area contributed by atoms with E-state index in [1.807, 2.05) is 44.2 Å². The standard InChI is InChI=1S/C24H19FO3/c1-15-6-8-17(9-7-15)14-27-20-10-16(2)23-21(13-20)28-22(24(23)26)12-18-4-3-5-19(25)11-18/h3-13H,14H2,1-2H3/b22-12-. The van der Waals surface area contributed by atoms with Crippen LogP contribution < -0.4 is 9.47 Å². The number of ether oxygens (including phenoxy) is 2. The monoisotopic (exact) mass is 374 g/mol. The molecule has 0 aromatic heterocycles. The van der Waals surface area contributed by atoms with Crippen LogP contribution in [0.2, 0.25) is 0 Å². The third-order valence-electron chi connectivity index (χ3n) is 4.62. The summed E-state index contributed by atoms with van der Waals surface area (Å²) in [5.41, 5.74) is 4.13. The van der Waals surface area contributed by atoms with Crippen LogP contribution in [0, 0.1) is 19.7 Å². The average molecular weight is 374 g/mol. The lowest BCUT2D eigenvalue weighted by Gasteiger charge is -2.09. The van der Waals surface area contributed by atoms with Gasteiger partial charge in [0, 0.05) is 6.07 Å². The van der Waals surface area contributed by atoms with Crippen molar-refractivity contribution in [3.63, 3.8) is 0 Å². The predicted molar refractivity (Wildman–Crippen MR) is 106 cm³/mol. The highest BCUT2D eigenvalue weighted by atomic mass is 19.1. The van der Waals surface area contributed by atoms with Crippen LogP contribution in [0.5, 0.6) is 11.5 Å². The lowest BCUT2D eigenvalue weighted by molar-refractivity contribution is 0.101. The van der Waals surface area contributed by atoms with E-state index >= 15 is 0 Å². The van der Waals surface area contributed by atoms with Gasteiger partial charge in [-0.2, -0.15) is 0 Å². The zero-order chi connectivity index (χ0) is 19.7. The number of allylic oxidation sites excluding steroid dienone is 1. The minimum Gasteiger partial charge on any atom is -0.489 e. The van der Waals surface area contributed by atoms with Gasteiger partial charge in [-0.05, 0) is 54.8 Å². The van der Waals surface area contributed by atoms with E-state index in [4.69, 9.17) is 9.47 Å². The second-order valence-corrected chi connectivity index (χ2v) is 6.88. The van der Waals surface area contributed by atoms with Gasteiger partial charge in [0.2, 0.25) is 5.78 Å². The van der Waals surface area contributed by atoms with Crippen LogP contribution in [0.15, 0.2) is 66.4 Å². The number of hydrogen-bond donors (Lipinski definition) is 0. The molecule has 0 aliphatic carbocycles. The Kier molecular flexibility index (Phi) is 4.70. The third kappa shape index (κ3) is 3.67. The summed E-state index contributed by atoms with van der Waals surface area (Å²) in [4.78, 5) is 12.7. The van der Waals surface area contributed by atoms with Crippen LogP contribution in [0.25, 0.3) is 6.08 Å². The highest BCUT2D eigenvalue weighted by Gasteiger charge is 2.30. The fourth-order valence-electron chi connectivity index (χ4n) is 3.16. The van der Waals surface area contributed by atoms with E-state index in [0.29, 0.717) is 29.2 Å². The van der Waals surface area contributed by atoms with Gasteiger partial charge in [-0.15, -0.1) is 0 Å². The number of Topliss-reactive ketones (excluding diaryl/α,β-unsaturated/α-hetero) is 1. The second-order valence-electron chi connectivity index (χ2n) is 6.88. The van der Waals surface area contributed by atoms with E-state index in [0.717, 1.165) is 11.1 Å². The van der Waals surface area contributed by atoms with Crippen LogP contribution >= 0.6 is 0 Å². The van der Waals surface area contributed by atoms with E-state index in [1.54, 1.807) is 24.3 Å². The maximum Gasteiger partial charge on any atom is 0.232 e. The molecule has 3 aromatic carbocycles. The number of carbonyl (C=O) groups excluding carboxylic acids is 1. The first-order valence-electron chi connectivity index (χ1n) is 9.02. The Balaban J connectivity index is 1.56. The lowest BCUT2D eigenvalue weighted by Crippen LogP contribution is -2.00. The molecular weight excluding hydrogens is 355 g/mol. The van der Waals surface area contributed by atoms with Crippen molar-refractivity contribution < 1.29 is 18.7 Å².